The van der Waals surface area contributed by atoms with Gasteiger partial charge in [0, 0.05) is 12.3 Å². The summed E-state index contributed by atoms with van der Waals surface area (Å²) < 4.78 is 39.2. The first-order chi connectivity index (χ1) is 19.2. The quantitative estimate of drug-likeness (QED) is 0.134. The molecule has 2 N–H and O–H groups in total. The summed E-state index contributed by atoms with van der Waals surface area (Å²) in [6.07, 6.45) is 0.254. The van der Waals surface area contributed by atoms with E-state index in [9.17, 15) is 18.4 Å². The number of sulfonamides is 1. The Morgan fingerprint density at radius 1 is 0.925 bits per heavy atom. The zero-order chi connectivity index (χ0) is 29.0. The number of carbonyl (C=O) groups is 1. The minimum atomic E-state index is -3.87. The molecule has 0 aliphatic rings. The molecular formula is C30H38N2O6S2. The Labute approximate surface area is 241 Å². The van der Waals surface area contributed by atoms with E-state index in [1.165, 1.54) is 4.31 Å². The van der Waals surface area contributed by atoms with Crippen LogP contribution in [0.2, 0.25) is 0 Å². The lowest BCUT2D eigenvalue weighted by molar-refractivity contribution is -0.133. The molecule has 3 rings (SSSR count). The topological polar surface area (TPSA) is 105 Å². The summed E-state index contributed by atoms with van der Waals surface area (Å²) in [5.74, 6) is 1.61. The Hall–Kier alpha value is -3.05. The van der Waals surface area contributed by atoms with E-state index < -0.39 is 22.0 Å². The lowest BCUT2D eigenvalue weighted by Gasteiger charge is -2.31. The average molecular weight is 587 g/mol. The molecule has 0 saturated heterocycles. The maximum absolute atomic E-state index is 13.5. The van der Waals surface area contributed by atoms with Crippen molar-refractivity contribution in [3.05, 3.63) is 95.6 Å². The van der Waals surface area contributed by atoms with Crippen molar-refractivity contribution < 1.29 is 27.9 Å². The summed E-state index contributed by atoms with van der Waals surface area (Å²) in [6, 6.07) is 23.6. The third-order valence-corrected chi connectivity index (χ3v) is 9.03. The number of nitrogens with zero attached hydrogens (tertiary/aromatic N) is 1. The van der Waals surface area contributed by atoms with Crippen LogP contribution in [0.15, 0.2) is 78.9 Å². The van der Waals surface area contributed by atoms with Gasteiger partial charge >= 0.3 is 0 Å². The highest BCUT2D eigenvalue weighted by molar-refractivity contribution is 7.98. The molecule has 0 fully saturated rings. The van der Waals surface area contributed by atoms with Gasteiger partial charge in [-0.15, -0.1) is 0 Å². The Morgan fingerprint density at radius 3 is 2.15 bits per heavy atom. The van der Waals surface area contributed by atoms with E-state index >= 15 is 0 Å². The first-order valence-corrected chi connectivity index (χ1v) is 15.9. The normalized spacial score (nSPS) is 12.3. The number of methoxy groups -OCH3 is 1. The van der Waals surface area contributed by atoms with Gasteiger partial charge in [0.2, 0.25) is 10.0 Å². The van der Waals surface area contributed by atoms with E-state index in [1.54, 1.807) is 48.6 Å². The molecule has 10 heteroatoms. The summed E-state index contributed by atoms with van der Waals surface area (Å²) in [6.45, 7) is 4.45. The number of ether oxygens (including phenoxy) is 2. The number of amides is 1. The molecule has 0 aliphatic carbocycles. The van der Waals surface area contributed by atoms with E-state index in [-0.39, 0.29) is 24.6 Å². The van der Waals surface area contributed by atoms with Crippen LogP contribution in [0.4, 0.5) is 0 Å². The molecule has 0 heterocycles. The van der Waals surface area contributed by atoms with Crippen molar-refractivity contribution in [3.8, 4) is 11.5 Å². The molecule has 1 atom stereocenters. The van der Waals surface area contributed by atoms with E-state index in [2.05, 4.69) is 0 Å². The number of nitrogens with one attached hydrogen (secondary N) is 1. The van der Waals surface area contributed by atoms with Crippen molar-refractivity contribution in [2.75, 3.05) is 19.4 Å². The highest BCUT2D eigenvalue weighted by Crippen LogP contribution is 2.23. The van der Waals surface area contributed by atoms with Crippen LogP contribution in [0.5, 0.6) is 11.5 Å². The number of benzene rings is 3. The van der Waals surface area contributed by atoms with Crippen LogP contribution in [0, 0.1) is 5.92 Å². The van der Waals surface area contributed by atoms with Gasteiger partial charge in [0.1, 0.15) is 24.1 Å². The van der Waals surface area contributed by atoms with E-state index in [0.29, 0.717) is 29.4 Å². The van der Waals surface area contributed by atoms with Crippen LogP contribution < -0.4 is 15.0 Å². The van der Waals surface area contributed by atoms with Crippen molar-refractivity contribution in [2.45, 2.75) is 44.4 Å². The third-order valence-electron chi connectivity index (χ3n) is 6.15. The average Bonchev–Trinajstić information content (AvgIpc) is 2.96. The predicted molar refractivity (Wildman–Crippen MR) is 159 cm³/mol. The second-order valence-electron chi connectivity index (χ2n) is 9.82. The molecule has 0 radical (unpaired) electrons. The molecule has 40 heavy (non-hydrogen) atoms. The first kappa shape index (κ1) is 31.5. The van der Waals surface area contributed by atoms with E-state index in [0.717, 1.165) is 16.9 Å². The number of rotatable bonds is 16. The molecule has 0 saturated carbocycles. The second kappa shape index (κ2) is 15.7. The van der Waals surface area contributed by atoms with Crippen LogP contribution in [-0.4, -0.2) is 49.3 Å². The zero-order valence-electron chi connectivity index (χ0n) is 23.2. The predicted octanol–water partition coefficient (Wildman–Crippen LogP) is 5.26. The number of thioether (sulfide) groups is 1. The summed E-state index contributed by atoms with van der Waals surface area (Å²) in [4.78, 5) is 12.7. The molecule has 3 aromatic rings. The second-order valence-corrected chi connectivity index (χ2v) is 12.8. The fourth-order valence-electron chi connectivity index (χ4n) is 4.10. The highest BCUT2D eigenvalue weighted by atomic mass is 32.2. The van der Waals surface area contributed by atoms with Crippen molar-refractivity contribution in [1.82, 2.24) is 9.79 Å². The van der Waals surface area contributed by atoms with Crippen molar-refractivity contribution in [3.63, 3.8) is 0 Å². The molecule has 1 amide bonds. The fourth-order valence-corrected chi connectivity index (χ4v) is 6.95. The minimum absolute atomic E-state index is 0.0186. The fraction of sp³-hybridized carbons (Fsp3) is 0.367. The number of hydrogen-bond donors (Lipinski definition) is 2. The van der Waals surface area contributed by atoms with Crippen LogP contribution in [0.1, 0.15) is 37.0 Å². The highest BCUT2D eigenvalue weighted by Gasteiger charge is 2.35. The van der Waals surface area contributed by atoms with Gasteiger partial charge in [-0.1, -0.05) is 68.4 Å². The van der Waals surface area contributed by atoms with Crippen LogP contribution in [0.3, 0.4) is 0 Å². The van der Waals surface area contributed by atoms with Gasteiger partial charge in [-0.3, -0.25) is 10.0 Å². The van der Waals surface area contributed by atoms with Gasteiger partial charge in [-0.2, -0.15) is 16.1 Å². The molecule has 0 aromatic heterocycles. The summed E-state index contributed by atoms with van der Waals surface area (Å²) >= 11 is 1.60. The molecule has 216 valence electrons. The van der Waals surface area contributed by atoms with Crippen LogP contribution in [0.25, 0.3) is 0 Å². The van der Waals surface area contributed by atoms with Gasteiger partial charge in [0.05, 0.1) is 12.9 Å². The lowest BCUT2D eigenvalue weighted by Crippen LogP contribution is -2.50. The third kappa shape index (κ3) is 9.85. The van der Waals surface area contributed by atoms with Gasteiger partial charge < -0.3 is 9.47 Å². The Morgan fingerprint density at radius 2 is 1.55 bits per heavy atom. The molecular weight excluding hydrogens is 548 g/mol. The molecule has 8 nitrogen and oxygen atoms in total. The first-order valence-electron chi connectivity index (χ1n) is 13.1. The number of hydroxylamine groups is 1. The van der Waals surface area contributed by atoms with Crippen molar-refractivity contribution in [2.24, 2.45) is 5.92 Å². The smallest absolute Gasteiger partial charge is 0.261 e. The van der Waals surface area contributed by atoms with Gasteiger partial charge in [0.25, 0.3) is 5.91 Å². The van der Waals surface area contributed by atoms with E-state index in [1.807, 2.05) is 68.4 Å². The van der Waals surface area contributed by atoms with Crippen LogP contribution >= 0.6 is 11.8 Å². The maximum Gasteiger partial charge on any atom is 0.261 e. The zero-order valence-corrected chi connectivity index (χ0v) is 24.8. The molecule has 3 aromatic carbocycles. The summed E-state index contributed by atoms with van der Waals surface area (Å²) in [7, 11) is -2.32. The summed E-state index contributed by atoms with van der Waals surface area (Å²) in [5.41, 5.74) is 4.45. The molecule has 0 bridgehead atoms. The standard InChI is InChI=1S/C30H38N2O6S2/c1-23(2)19-32(40(35,36)22-26-11-13-27(37-3)14-12-26)29(30(33)31-34)17-18-39-21-25-9-15-28(16-10-25)38-20-24-7-5-4-6-8-24/h4-16,23,29,34H,17-22H2,1-3H3,(H,31,33)/t29-/m0/s1. The van der Waals surface area contributed by atoms with Crippen molar-refractivity contribution >= 4 is 27.7 Å². The molecule has 0 aliphatic heterocycles. The Bertz CT molecular complexity index is 1280. The van der Waals surface area contributed by atoms with Crippen molar-refractivity contribution in [1.29, 1.82) is 0 Å². The van der Waals surface area contributed by atoms with Gasteiger partial charge in [-0.25, -0.2) is 13.9 Å². The van der Waals surface area contributed by atoms with Gasteiger partial charge in [-0.05, 0) is 59.0 Å². The number of carbonyl (C=O) groups excluding carboxylic acids is 1. The molecule has 0 spiro atoms. The van der Waals surface area contributed by atoms with Crippen LogP contribution in [-0.2, 0) is 32.9 Å². The minimum Gasteiger partial charge on any atom is -0.497 e. The lowest BCUT2D eigenvalue weighted by atomic mass is 10.1. The number of hydrogen-bond acceptors (Lipinski definition) is 7. The largest absolute Gasteiger partial charge is 0.497 e. The Balaban J connectivity index is 1.60. The Kier molecular flexibility index (Phi) is 12.3. The SMILES string of the molecule is COc1ccc(CS(=O)(=O)N(CC(C)C)[C@@H](CCSCc2ccc(OCc3ccccc3)cc2)C(=O)NO)cc1. The van der Waals surface area contributed by atoms with Gasteiger partial charge in [0.15, 0.2) is 0 Å². The van der Waals surface area contributed by atoms with E-state index in [4.69, 9.17) is 9.47 Å². The maximum atomic E-state index is 13.5. The summed E-state index contributed by atoms with van der Waals surface area (Å²) in [5, 5.41) is 9.42. The monoisotopic (exact) mass is 586 g/mol. The molecule has 0 unspecified atom stereocenters.